The Morgan fingerprint density at radius 1 is 0.941 bits per heavy atom. The predicted molar refractivity (Wildman–Crippen MR) is 135 cm³/mol. The van der Waals surface area contributed by atoms with Crippen molar-refractivity contribution in [2.45, 2.75) is 13.5 Å². The molecular weight excluding hydrogens is 475 g/mol. The Hall–Kier alpha value is -2.91. The molecule has 0 unspecified atom stereocenters. The summed E-state index contributed by atoms with van der Waals surface area (Å²) in [6.45, 7) is 8.31. The molecule has 1 saturated heterocycles. The third-order valence-electron chi connectivity index (χ3n) is 5.56. The van der Waals surface area contributed by atoms with Gasteiger partial charge < -0.3 is 20.3 Å². The maximum Gasteiger partial charge on any atom is 0.323 e. The first-order valence-electron chi connectivity index (χ1n) is 11.0. The van der Waals surface area contributed by atoms with Gasteiger partial charge >= 0.3 is 6.03 Å². The van der Waals surface area contributed by atoms with Crippen LogP contribution in [0, 0.1) is 0 Å². The van der Waals surface area contributed by atoms with Crippen LogP contribution in [-0.4, -0.2) is 58.5 Å². The summed E-state index contributed by atoms with van der Waals surface area (Å²) in [7, 11) is 0. The van der Waals surface area contributed by atoms with Crippen molar-refractivity contribution >= 4 is 40.6 Å². The quantitative estimate of drug-likeness (QED) is 0.425. The molecule has 1 aromatic heterocycles. The van der Waals surface area contributed by atoms with Crippen molar-refractivity contribution in [2.75, 3.05) is 43.4 Å². The smallest absolute Gasteiger partial charge is 0.323 e. The molecular formula is C24H26Cl2N6O2. The third-order valence-corrected chi connectivity index (χ3v) is 6.12. The fourth-order valence-electron chi connectivity index (χ4n) is 3.65. The van der Waals surface area contributed by atoms with Crippen molar-refractivity contribution in [3.63, 3.8) is 0 Å². The van der Waals surface area contributed by atoms with Gasteiger partial charge in [0.2, 0.25) is 5.88 Å². The molecule has 8 nitrogen and oxygen atoms in total. The number of ether oxygens (including phenoxy) is 1. The first-order chi connectivity index (χ1) is 16.5. The molecule has 178 valence electrons. The van der Waals surface area contributed by atoms with Crippen molar-refractivity contribution in [3.8, 4) is 11.6 Å². The van der Waals surface area contributed by atoms with Gasteiger partial charge in [0.05, 0.1) is 0 Å². The van der Waals surface area contributed by atoms with Crippen LogP contribution in [0.25, 0.3) is 0 Å². The van der Waals surface area contributed by atoms with Gasteiger partial charge in [-0.05, 0) is 48.5 Å². The molecule has 0 bridgehead atoms. The first-order valence-corrected chi connectivity index (χ1v) is 11.8. The average Bonchev–Trinajstić information content (AvgIpc) is 2.82. The number of urea groups is 1. The van der Waals surface area contributed by atoms with Gasteiger partial charge in [0.1, 0.15) is 17.2 Å². The zero-order valence-corrected chi connectivity index (χ0v) is 20.3. The highest BCUT2D eigenvalue weighted by molar-refractivity contribution is 6.31. The summed E-state index contributed by atoms with van der Waals surface area (Å²) in [5.74, 6) is 0.890. The maximum absolute atomic E-state index is 12.4. The molecule has 0 atom stereocenters. The highest BCUT2D eigenvalue weighted by Crippen LogP contribution is 2.24. The number of nitrogens with one attached hydrogen (secondary N) is 2. The zero-order valence-electron chi connectivity index (χ0n) is 18.8. The molecule has 1 aliphatic heterocycles. The van der Waals surface area contributed by atoms with E-state index in [1.807, 2.05) is 12.1 Å². The normalized spacial score (nSPS) is 14.6. The largest absolute Gasteiger partial charge is 0.439 e. The number of benzene rings is 2. The molecule has 10 heteroatoms. The number of piperazine rings is 1. The second kappa shape index (κ2) is 11.5. The van der Waals surface area contributed by atoms with E-state index in [4.69, 9.17) is 27.9 Å². The van der Waals surface area contributed by atoms with Crippen LogP contribution in [0.15, 0.2) is 54.9 Å². The van der Waals surface area contributed by atoms with Crippen LogP contribution in [0.1, 0.15) is 12.5 Å². The number of carbonyl (C=O) groups excluding carboxylic acids is 1. The van der Waals surface area contributed by atoms with Gasteiger partial charge in [-0.2, -0.15) is 0 Å². The second-order valence-corrected chi connectivity index (χ2v) is 8.70. The van der Waals surface area contributed by atoms with Crippen LogP contribution in [-0.2, 0) is 6.54 Å². The summed E-state index contributed by atoms with van der Waals surface area (Å²) >= 11 is 12.3. The molecule has 0 aliphatic carbocycles. The van der Waals surface area contributed by atoms with Crippen LogP contribution < -0.4 is 15.4 Å². The molecule has 34 heavy (non-hydrogen) atoms. The van der Waals surface area contributed by atoms with E-state index < -0.39 is 0 Å². The molecule has 0 spiro atoms. The average molecular weight is 501 g/mol. The highest BCUT2D eigenvalue weighted by Gasteiger charge is 2.16. The minimum Gasteiger partial charge on any atom is -0.439 e. The van der Waals surface area contributed by atoms with Gasteiger partial charge in [-0.3, -0.25) is 4.90 Å². The molecule has 2 heterocycles. The second-order valence-electron chi connectivity index (χ2n) is 7.90. The van der Waals surface area contributed by atoms with E-state index >= 15 is 0 Å². The van der Waals surface area contributed by atoms with E-state index in [0.717, 1.165) is 44.8 Å². The van der Waals surface area contributed by atoms with E-state index in [1.165, 1.54) is 12.4 Å². The first kappa shape index (κ1) is 24.2. The lowest BCUT2D eigenvalue weighted by atomic mass is 10.1. The molecule has 1 aliphatic rings. The van der Waals surface area contributed by atoms with Gasteiger partial charge in [-0.1, -0.05) is 36.2 Å². The molecule has 0 saturated carbocycles. The molecule has 1 fully saturated rings. The zero-order chi connectivity index (χ0) is 23.9. The Bertz CT molecular complexity index is 1120. The van der Waals surface area contributed by atoms with Crippen molar-refractivity contribution in [1.82, 2.24) is 19.8 Å². The fraction of sp³-hybridized carbons (Fsp3) is 0.292. The number of amides is 2. The van der Waals surface area contributed by atoms with Gasteiger partial charge in [0.25, 0.3) is 0 Å². The van der Waals surface area contributed by atoms with Gasteiger partial charge in [0, 0.05) is 55.2 Å². The molecule has 0 radical (unpaired) electrons. The molecule has 2 aromatic carbocycles. The fourth-order valence-corrected chi connectivity index (χ4v) is 4.03. The minimum absolute atomic E-state index is 0.294. The van der Waals surface area contributed by atoms with Crippen molar-refractivity contribution in [1.29, 1.82) is 0 Å². The Morgan fingerprint density at radius 3 is 2.29 bits per heavy atom. The van der Waals surface area contributed by atoms with E-state index in [9.17, 15) is 4.79 Å². The number of halogens is 2. The Kier molecular flexibility index (Phi) is 8.18. The number of nitrogens with zero attached hydrogens (tertiary/aromatic N) is 4. The summed E-state index contributed by atoms with van der Waals surface area (Å²) in [6, 6.07) is 13.7. The van der Waals surface area contributed by atoms with E-state index in [2.05, 4.69) is 37.3 Å². The number of hydrogen-bond donors (Lipinski definition) is 2. The van der Waals surface area contributed by atoms with Crippen LogP contribution >= 0.6 is 23.2 Å². The number of rotatable bonds is 7. The van der Waals surface area contributed by atoms with Crippen LogP contribution in [0.4, 0.5) is 16.2 Å². The number of anilines is 2. The number of aromatic nitrogens is 2. The Balaban J connectivity index is 1.28. The molecule has 2 amide bonds. The van der Waals surface area contributed by atoms with Gasteiger partial charge in [-0.15, -0.1) is 0 Å². The van der Waals surface area contributed by atoms with Crippen molar-refractivity contribution in [2.24, 2.45) is 0 Å². The predicted octanol–water partition coefficient (Wildman–Crippen LogP) is 5.36. The lowest BCUT2D eigenvalue weighted by molar-refractivity contribution is 0.132. The van der Waals surface area contributed by atoms with E-state index in [-0.39, 0.29) is 6.03 Å². The number of likely N-dealkylation sites (N-methyl/N-ethyl adjacent to an activating group) is 1. The summed E-state index contributed by atoms with van der Waals surface area (Å²) < 4.78 is 5.62. The van der Waals surface area contributed by atoms with Crippen LogP contribution in [0.3, 0.4) is 0 Å². The Labute approximate surface area is 208 Å². The van der Waals surface area contributed by atoms with Crippen LogP contribution in [0.5, 0.6) is 11.6 Å². The summed E-state index contributed by atoms with van der Waals surface area (Å²) in [6.07, 6.45) is 1.32. The standard InChI is InChI=1S/C24H26Cl2N6O2/c1-2-31-9-11-32(12-10-31)15-17-3-4-19(13-21(17)25)30-24(33)29-18-5-7-20(8-6-18)34-23-14-22(26)27-16-28-23/h3-8,13-14,16H,2,9-12,15H2,1H3,(H2,29,30,33). The monoisotopic (exact) mass is 500 g/mol. The lowest BCUT2D eigenvalue weighted by Crippen LogP contribution is -2.45. The summed E-state index contributed by atoms with van der Waals surface area (Å²) in [5.41, 5.74) is 2.29. The van der Waals surface area contributed by atoms with Crippen molar-refractivity contribution in [3.05, 3.63) is 70.6 Å². The van der Waals surface area contributed by atoms with Crippen LogP contribution in [0.2, 0.25) is 10.2 Å². The SMILES string of the molecule is CCN1CCN(Cc2ccc(NC(=O)Nc3ccc(Oc4cc(Cl)ncn4)cc3)cc2Cl)CC1. The lowest BCUT2D eigenvalue weighted by Gasteiger charge is -2.34. The van der Waals surface area contributed by atoms with E-state index in [0.29, 0.717) is 33.2 Å². The number of carbonyl (C=O) groups is 1. The van der Waals surface area contributed by atoms with Gasteiger partial charge in [-0.25, -0.2) is 14.8 Å². The van der Waals surface area contributed by atoms with Gasteiger partial charge in [0.15, 0.2) is 0 Å². The summed E-state index contributed by atoms with van der Waals surface area (Å²) in [5, 5.41) is 6.55. The topological polar surface area (TPSA) is 82.6 Å². The molecule has 2 N–H and O–H groups in total. The highest BCUT2D eigenvalue weighted by atomic mass is 35.5. The van der Waals surface area contributed by atoms with E-state index in [1.54, 1.807) is 30.3 Å². The third kappa shape index (κ3) is 6.80. The van der Waals surface area contributed by atoms with Crippen molar-refractivity contribution < 1.29 is 9.53 Å². The molecule has 3 aromatic rings. The number of hydrogen-bond acceptors (Lipinski definition) is 6. The minimum atomic E-state index is -0.365. The Morgan fingerprint density at radius 2 is 1.62 bits per heavy atom. The maximum atomic E-state index is 12.4. The molecule has 4 rings (SSSR count). The summed E-state index contributed by atoms with van der Waals surface area (Å²) in [4.78, 5) is 25.1.